The molecule has 0 saturated carbocycles. The highest BCUT2D eigenvalue weighted by molar-refractivity contribution is 7.09. The Hall–Kier alpha value is -0.900. The molecule has 0 N–H and O–H groups in total. The molecule has 1 atom stereocenters. The Morgan fingerprint density at radius 1 is 1.47 bits per heavy atom. The predicted octanol–water partition coefficient (Wildman–Crippen LogP) is 2.26. The van der Waals surface area contributed by atoms with E-state index in [0.717, 1.165) is 30.9 Å². The van der Waals surface area contributed by atoms with E-state index < -0.39 is 0 Å². The Bertz CT molecular complexity index is 317. The average Bonchev–Trinajstić information content (AvgIpc) is 2.82. The summed E-state index contributed by atoms with van der Waals surface area (Å²) in [5.41, 5.74) is 0. The summed E-state index contributed by atoms with van der Waals surface area (Å²) in [6, 6.07) is 0. The van der Waals surface area contributed by atoms with Gasteiger partial charge < -0.3 is 4.90 Å². The van der Waals surface area contributed by atoms with Gasteiger partial charge >= 0.3 is 0 Å². The molecule has 3 nitrogen and oxygen atoms in total. The van der Waals surface area contributed by atoms with Crippen molar-refractivity contribution in [3.63, 3.8) is 0 Å². The fourth-order valence-electron chi connectivity index (χ4n) is 1.94. The summed E-state index contributed by atoms with van der Waals surface area (Å²) in [6.45, 7) is 3.80. The Morgan fingerprint density at radius 3 is 2.80 bits per heavy atom. The molecule has 0 radical (unpaired) electrons. The number of rotatable bonds is 2. The molecular weight excluding hydrogens is 208 g/mol. The van der Waals surface area contributed by atoms with E-state index in [1.54, 1.807) is 17.5 Å². The highest BCUT2D eigenvalue weighted by Gasteiger charge is 2.24. The van der Waals surface area contributed by atoms with Crippen LogP contribution in [0.2, 0.25) is 0 Å². The molecule has 0 bridgehead atoms. The number of amides is 1. The molecule has 2 rings (SSSR count). The molecule has 1 aliphatic rings. The zero-order valence-electron chi connectivity index (χ0n) is 8.98. The standard InChI is InChI=1S/C11H16N2OS/c1-9(10-12-5-8-15-10)11(14)13-6-3-2-4-7-13/h5,8-9H,2-4,6-7H2,1H3. The summed E-state index contributed by atoms with van der Waals surface area (Å²) in [6.07, 6.45) is 5.32. The Balaban J connectivity index is 2.00. The smallest absolute Gasteiger partial charge is 0.232 e. The molecule has 1 unspecified atom stereocenters. The second-order valence-electron chi connectivity index (χ2n) is 3.98. The Labute approximate surface area is 94.1 Å². The van der Waals surface area contributed by atoms with Gasteiger partial charge in [-0.2, -0.15) is 0 Å². The van der Waals surface area contributed by atoms with Gasteiger partial charge in [0.1, 0.15) is 5.01 Å². The van der Waals surface area contributed by atoms with Crippen molar-refractivity contribution < 1.29 is 4.79 Å². The number of hydrogen-bond donors (Lipinski definition) is 0. The van der Waals surface area contributed by atoms with Crippen LogP contribution in [-0.2, 0) is 4.79 Å². The molecule has 1 aromatic rings. The Kier molecular flexibility index (Phi) is 3.36. The van der Waals surface area contributed by atoms with E-state index in [4.69, 9.17) is 0 Å². The average molecular weight is 224 g/mol. The quantitative estimate of drug-likeness (QED) is 0.772. The van der Waals surface area contributed by atoms with Gasteiger partial charge in [0.25, 0.3) is 0 Å². The van der Waals surface area contributed by atoms with Crippen LogP contribution in [0.5, 0.6) is 0 Å². The molecule has 1 saturated heterocycles. The van der Waals surface area contributed by atoms with Crippen molar-refractivity contribution in [2.24, 2.45) is 0 Å². The fraction of sp³-hybridized carbons (Fsp3) is 0.636. The molecule has 0 aromatic carbocycles. The van der Waals surface area contributed by atoms with Crippen LogP contribution >= 0.6 is 11.3 Å². The molecule has 1 aliphatic heterocycles. The van der Waals surface area contributed by atoms with Crippen LogP contribution in [0.3, 0.4) is 0 Å². The molecule has 2 heterocycles. The van der Waals surface area contributed by atoms with E-state index in [0.29, 0.717) is 0 Å². The first-order valence-electron chi connectivity index (χ1n) is 5.47. The van der Waals surface area contributed by atoms with Crippen molar-refractivity contribution in [3.8, 4) is 0 Å². The third-order valence-electron chi connectivity index (χ3n) is 2.86. The third kappa shape index (κ3) is 2.37. The van der Waals surface area contributed by atoms with E-state index >= 15 is 0 Å². The maximum Gasteiger partial charge on any atom is 0.232 e. The van der Waals surface area contributed by atoms with Gasteiger partial charge in [-0.1, -0.05) is 0 Å². The van der Waals surface area contributed by atoms with Gasteiger partial charge in [0, 0.05) is 24.7 Å². The second-order valence-corrected chi connectivity index (χ2v) is 4.90. The zero-order valence-corrected chi connectivity index (χ0v) is 9.80. The van der Waals surface area contributed by atoms with E-state index in [1.165, 1.54) is 6.42 Å². The fourth-order valence-corrected chi connectivity index (χ4v) is 2.63. The molecule has 1 fully saturated rings. The maximum absolute atomic E-state index is 12.1. The lowest BCUT2D eigenvalue weighted by Crippen LogP contribution is -2.38. The van der Waals surface area contributed by atoms with Crippen LogP contribution in [-0.4, -0.2) is 28.9 Å². The van der Waals surface area contributed by atoms with E-state index in [-0.39, 0.29) is 11.8 Å². The SMILES string of the molecule is CC(C(=O)N1CCCCC1)c1nccs1. The Morgan fingerprint density at radius 2 is 2.20 bits per heavy atom. The number of thiazole rings is 1. The van der Waals surface area contributed by atoms with Gasteiger partial charge in [-0.05, 0) is 26.2 Å². The number of nitrogens with zero attached hydrogens (tertiary/aromatic N) is 2. The summed E-state index contributed by atoms with van der Waals surface area (Å²) >= 11 is 1.56. The molecule has 15 heavy (non-hydrogen) atoms. The van der Waals surface area contributed by atoms with Crippen LogP contribution in [0.4, 0.5) is 0 Å². The second kappa shape index (κ2) is 4.75. The van der Waals surface area contributed by atoms with Gasteiger partial charge in [-0.25, -0.2) is 4.98 Å². The number of likely N-dealkylation sites (tertiary alicyclic amines) is 1. The van der Waals surface area contributed by atoms with Crippen LogP contribution < -0.4 is 0 Å². The van der Waals surface area contributed by atoms with Gasteiger partial charge in [-0.3, -0.25) is 4.79 Å². The first-order chi connectivity index (χ1) is 7.29. The highest BCUT2D eigenvalue weighted by atomic mass is 32.1. The first-order valence-corrected chi connectivity index (χ1v) is 6.35. The van der Waals surface area contributed by atoms with Crippen molar-refractivity contribution in [1.29, 1.82) is 0 Å². The van der Waals surface area contributed by atoms with Gasteiger partial charge in [0.15, 0.2) is 0 Å². The van der Waals surface area contributed by atoms with Crippen molar-refractivity contribution >= 4 is 17.2 Å². The largest absolute Gasteiger partial charge is 0.342 e. The molecule has 1 amide bonds. The van der Waals surface area contributed by atoms with Crippen molar-refractivity contribution in [2.45, 2.75) is 32.1 Å². The lowest BCUT2D eigenvalue weighted by molar-refractivity contribution is -0.133. The van der Waals surface area contributed by atoms with Gasteiger partial charge in [0.2, 0.25) is 5.91 Å². The summed E-state index contributed by atoms with van der Waals surface area (Å²) in [7, 11) is 0. The minimum atomic E-state index is -0.0666. The van der Waals surface area contributed by atoms with Crippen molar-refractivity contribution in [2.75, 3.05) is 13.1 Å². The first kappa shape index (κ1) is 10.6. The summed E-state index contributed by atoms with van der Waals surface area (Å²) < 4.78 is 0. The normalized spacial score (nSPS) is 18.9. The molecule has 0 aliphatic carbocycles. The van der Waals surface area contributed by atoms with Gasteiger partial charge in [-0.15, -0.1) is 11.3 Å². The summed E-state index contributed by atoms with van der Waals surface area (Å²) in [5, 5.41) is 2.86. The molecule has 1 aromatic heterocycles. The summed E-state index contributed by atoms with van der Waals surface area (Å²) in [4.78, 5) is 18.3. The number of hydrogen-bond acceptors (Lipinski definition) is 3. The zero-order chi connectivity index (χ0) is 10.7. The number of carbonyl (C=O) groups is 1. The molecule has 0 spiro atoms. The monoisotopic (exact) mass is 224 g/mol. The maximum atomic E-state index is 12.1. The van der Waals surface area contributed by atoms with Crippen LogP contribution in [0.1, 0.15) is 37.1 Å². The lowest BCUT2D eigenvalue weighted by Gasteiger charge is -2.28. The highest BCUT2D eigenvalue weighted by Crippen LogP contribution is 2.21. The predicted molar refractivity (Wildman–Crippen MR) is 61.0 cm³/mol. The van der Waals surface area contributed by atoms with Gasteiger partial charge in [0.05, 0.1) is 5.92 Å². The molecule has 82 valence electrons. The number of carbonyl (C=O) groups excluding carboxylic acids is 1. The number of piperidine rings is 1. The molecule has 4 heteroatoms. The number of aromatic nitrogens is 1. The molecular formula is C11H16N2OS. The lowest BCUT2D eigenvalue weighted by atomic mass is 10.1. The van der Waals surface area contributed by atoms with Crippen LogP contribution in [0.15, 0.2) is 11.6 Å². The topological polar surface area (TPSA) is 33.2 Å². The minimum Gasteiger partial charge on any atom is -0.342 e. The third-order valence-corrected chi connectivity index (χ3v) is 3.82. The summed E-state index contributed by atoms with van der Waals surface area (Å²) in [5.74, 6) is 0.174. The van der Waals surface area contributed by atoms with Crippen molar-refractivity contribution in [1.82, 2.24) is 9.88 Å². The van der Waals surface area contributed by atoms with E-state index in [1.807, 2.05) is 17.2 Å². The van der Waals surface area contributed by atoms with E-state index in [9.17, 15) is 4.79 Å². The minimum absolute atomic E-state index is 0.0666. The van der Waals surface area contributed by atoms with Crippen LogP contribution in [0, 0.1) is 0 Å². The van der Waals surface area contributed by atoms with Crippen LogP contribution in [0.25, 0.3) is 0 Å². The van der Waals surface area contributed by atoms with E-state index in [2.05, 4.69) is 4.98 Å². The van der Waals surface area contributed by atoms with Crippen molar-refractivity contribution in [3.05, 3.63) is 16.6 Å².